The number of hydrazone groups is 1. The van der Waals surface area contributed by atoms with Crippen LogP contribution in [0.4, 0.5) is 5.69 Å². The normalized spacial score (nSPS) is 22.8. The van der Waals surface area contributed by atoms with E-state index >= 15 is 0 Å². The van der Waals surface area contributed by atoms with Gasteiger partial charge in [-0.05, 0) is 37.8 Å². The number of piperidine rings is 1. The van der Waals surface area contributed by atoms with Crippen LogP contribution >= 0.6 is 0 Å². The van der Waals surface area contributed by atoms with E-state index in [-0.39, 0.29) is 30.2 Å². The lowest BCUT2D eigenvalue weighted by molar-refractivity contribution is -0.127. The van der Waals surface area contributed by atoms with E-state index in [1.165, 1.54) is 6.42 Å². The summed E-state index contributed by atoms with van der Waals surface area (Å²) in [5.74, 6) is -0.329. The molecule has 3 aliphatic rings. The SMILES string of the molecule is NC(=O)C1CC(C(=O)N2CCC(NC(=O)C3CCCCC3)CC2)=NN1c1ccccc1. The third-order valence-electron chi connectivity index (χ3n) is 6.61. The van der Waals surface area contributed by atoms with E-state index in [4.69, 9.17) is 5.73 Å². The lowest BCUT2D eigenvalue weighted by Crippen LogP contribution is -2.49. The van der Waals surface area contributed by atoms with Crippen LogP contribution in [-0.4, -0.2) is 53.5 Å². The van der Waals surface area contributed by atoms with Crippen LogP contribution in [-0.2, 0) is 14.4 Å². The quantitative estimate of drug-likeness (QED) is 0.750. The van der Waals surface area contributed by atoms with Crippen LogP contribution in [0, 0.1) is 5.92 Å². The first-order valence-corrected chi connectivity index (χ1v) is 11.3. The summed E-state index contributed by atoms with van der Waals surface area (Å²) in [6, 6.07) is 8.73. The highest BCUT2D eigenvalue weighted by Crippen LogP contribution is 2.26. The monoisotopic (exact) mass is 425 g/mol. The molecule has 2 aliphatic heterocycles. The Bertz CT molecular complexity index is 842. The predicted molar refractivity (Wildman–Crippen MR) is 118 cm³/mol. The molecule has 0 radical (unpaired) electrons. The van der Waals surface area contributed by atoms with Crippen molar-refractivity contribution < 1.29 is 14.4 Å². The molecule has 166 valence electrons. The summed E-state index contributed by atoms with van der Waals surface area (Å²) in [6.07, 6.45) is 7.16. The Hall–Kier alpha value is -2.90. The lowest BCUT2D eigenvalue weighted by Gasteiger charge is -2.33. The molecular weight excluding hydrogens is 394 g/mol. The van der Waals surface area contributed by atoms with Crippen molar-refractivity contribution in [3.63, 3.8) is 0 Å². The Morgan fingerprint density at radius 3 is 2.29 bits per heavy atom. The second kappa shape index (κ2) is 9.49. The van der Waals surface area contributed by atoms with Crippen molar-refractivity contribution in [3.05, 3.63) is 30.3 Å². The second-order valence-corrected chi connectivity index (χ2v) is 8.76. The summed E-state index contributed by atoms with van der Waals surface area (Å²) in [5, 5.41) is 9.19. The van der Waals surface area contributed by atoms with Crippen molar-refractivity contribution in [1.82, 2.24) is 10.2 Å². The molecule has 0 bridgehead atoms. The number of carbonyl (C=O) groups is 3. The van der Waals surface area contributed by atoms with E-state index in [0.717, 1.165) is 44.2 Å². The lowest BCUT2D eigenvalue weighted by atomic mass is 9.88. The maximum absolute atomic E-state index is 13.1. The highest BCUT2D eigenvalue weighted by atomic mass is 16.2. The van der Waals surface area contributed by atoms with Gasteiger partial charge in [0, 0.05) is 31.5 Å². The van der Waals surface area contributed by atoms with Crippen LogP contribution in [0.2, 0.25) is 0 Å². The van der Waals surface area contributed by atoms with Gasteiger partial charge >= 0.3 is 0 Å². The molecule has 1 saturated carbocycles. The zero-order chi connectivity index (χ0) is 21.8. The Kier molecular flexibility index (Phi) is 6.53. The topological polar surface area (TPSA) is 108 Å². The number of hydrogen-bond donors (Lipinski definition) is 2. The summed E-state index contributed by atoms with van der Waals surface area (Å²) in [5.41, 5.74) is 6.67. The molecule has 3 amide bonds. The summed E-state index contributed by atoms with van der Waals surface area (Å²) < 4.78 is 0. The third-order valence-corrected chi connectivity index (χ3v) is 6.61. The molecule has 1 saturated heterocycles. The molecule has 31 heavy (non-hydrogen) atoms. The molecule has 2 fully saturated rings. The number of anilines is 1. The number of rotatable bonds is 5. The molecule has 8 heteroatoms. The molecule has 1 aromatic carbocycles. The number of benzene rings is 1. The van der Waals surface area contributed by atoms with Gasteiger partial charge in [-0.3, -0.25) is 19.4 Å². The van der Waals surface area contributed by atoms with Gasteiger partial charge < -0.3 is 16.0 Å². The van der Waals surface area contributed by atoms with Crippen LogP contribution in [0.15, 0.2) is 35.4 Å². The number of primary amides is 1. The smallest absolute Gasteiger partial charge is 0.270 e. The summed E-state index contributed by atoms with van der Waals surface area (Å²) in [4.78, 5) is 39.3. The van der Waals surface area contributed by atoms with Crippen molar-refractivity contribution >= 4 is 29.1 Å². The fourth-order valence-electron chi connectivity index (χ4n) is 4.77. The first kappa shape index (κ1) is 21.3. The average Bonchev–Trinajstić information content (AvgIpc) is 3.26. The van der Waals surface area contributed by atoms with Crippen molar-refractivity contribution in [2.75, 3.05) is 18.1 Å². The highest BCUT2D eigenvalue weighted by molar-refractivity contribution is 6.40. The van der Waals surface area contributed by atoms with Crippen LogP contribution in [0.5, 0.6) is 0 Å². The average molecular weight is 426 g/mol. The number of nitrogens with zero attached hydrogens (tertiary/aromatic N) is 3. The van der Waals surface area contributed by atoms with Crippen molar-refractivity contribution in [2.24, 2.45) is 16.8 Å². The van der Waals surface area contributed by atoms with Gasteiger partial charge in [0.1, 0.15) is 11.8 Å². The minimum Gasteiger partial charge on any atom is -0.368 e. The molecule has 1 aliphatic carbocycles. The molecule has 4 rings (SSSR count). The second-order valence-electron chi connectivity index (χ2n) is 8.76. The van der Waals surface area contributed by atoms with Gasteiger partial charge in [0.15, 0.2) is 0 Å². The van der Waals surface area contributed by atoms with E-state index in [1.807, 2.05) is 30.3 Å². The number of nitrogens with one attached hydrogen (secondary N) is 1. The molecular formula is C23H31N5O3. The van der Waals surface area contributed by atoms with Gasteiger partial charge in [0.25, 0.3) is 5.91 Å². The van der Waals surface area contributed by atoms with Crippen LogP contribution in [0.1, 0.15) is 51.4 Å². The summed E-state index contributed by atoms with van der Waals surface area (Å²) in [7, 11) is 0. The summed E-state index contributed by atoms with van der Waals surface area (Å²) in [6.45, 7) is 1.14. The van der Waals surface area contributed by atoms with E-state index in [2.05, 4.69) is 10.4 Å². The Labute approximate surface area is 182 Å². The van der Waals surface area contributed by atoms with Crippen LogP contribution in [0.3, 0.4) is 0 Å². The number of carbonyl (C=O) groups excluding carboxylic acids is 3. The van der Waals surface area contributed by atoms with E-state index in [0.29, 0.717) is 18.8 Å². The summed E-state index contributed by atoms with van der Waals surface area (Å²) >= 11 is 0. The van der Waals surface area contributed by atoms with E-state index in [1.54, 1.807) is 9.91 Å². The molecule has 1 unspecified atom stereocenters. The third kappa shape index (κ3) is 4.89. The Morgan fingerprint density at radius 2 is 1.65 bits per heavy atom. The minimum absolute atomic E-state index is 0.114. The molecule has 1 atom stereocenters. The molecule has 2 heterocycles. The van der Waals surface area contributed by atoms with E-state index < -0.39 is 11.9 Å². The van der Waals surface area contributed by atoms with Gasteiger partial charge in [0.2, 0.25) is 11.8 Å². The number of hydrogen-bond acceptors (Lipinski definition) is 5. The largest absolute Gasteiger partial charge is 0.368 e. The number of likely N-dealkylation sites (tertiary alicyclic amines) is 1. The molecule has 1 aromatic rings. The number of nitrogens with two attached hydrogens (primary N) is 1. The molecule has 0 aromatic heterocycles. The van der Waals surface area contributed by atoms with Gasteiger partial charge in [0.05, 0.1) is 5.69 Å². The molecule has 0 spiro atoms. The van der Waals surface area contributed by atoms with Crippen molar-refractivity contribution in [1.29, 1.82) is 0 Å². The Balaban J connectivity index is 1.34. The Morgan fingerprint density at radius 1 is 0.968 bits per heavy atom. The van der Waals surface area contributed by atoms with Gasteiger partial charge in [-0.1, -0.05) is 37.5 Å². The predicted octanol–water partition coefficient (Wildman–Crippen LogP) is 1.79. The van der Waals surface area contributed by atoms with Gasteiger partial charge in [-0.2, -0.15) is 5.10 Å². The van der Waals surface area contributed by atoms with Gasteiger partial charge in [-0.25, -0.2) is 0 Å². The zero-order valence-electron chi connectivity index (χ0n) is 17.8. The zero-order valence-corrected chi connectivity index (χ0v) is 17.8. The molecule has 8 nitrogen and oxygen atoms in total. The van der Waals surface area contributed by atoms with Crippen LogP contribution in [0.25, 0.3) is 0 Å². The number of amides is 3. The molecule has 3 N–H and O–H groups in total. The standard InChI is InChI=1S/C23H31N5O3/c24-21(29)20-15-19(26-28(20)18-9-5-2-6-10-18)23(31)27-13-11-17(12-14-27)25-22(30)16-7-3-1-4-8-16/h2,5-6,9-10,16-17,20H,1,3-4,7-8,11-15H2,(H2,24,29)(H,25,30). The van der Waals surface area contributed by atoms with Crippen molar-refractivity contribution in [3.8, 4) is 0 Å². The van der Waals surface area contributed by atoms with Gasteiger partial charge in [-0.15, -0.1) is 0 Å². The van der Waals surface area contributed by atoms with Crippen LogP contribution < -0.4 is 16.1 Å². The first-order chi connectivity index (χ1) is 15.0. The highest BCUT2D eigenvalue weighted by Gasteiger charge is 2.37. The maximum Gasteiger partial charge on any atom is 0.270 e. The fourth-order valence-corrected chi connectivity index (χ4v) is 4.77. The van der Waals surface area contributed by atoms with E-state index in [9.17, 15) is 14.4 Å². The fraction of sp³-hybridized carbons (Fsp3) is 0.565. The number of para-hydroxylation sites is 1. The van der Waals surface area contributed by atoms with Crippen molar-refractivity contribution in [2.45, 2.75) is 63.5 Å². The first-order valence-electron chi connectivity index (χ1n) is 11.3. The maximum atomic E-state index is 13.1. The minimum atomic E-state index is -0.659.